The van der Waals surface area contributed by atoms with Gasteiger partial charge in [0.25, 0.3) is 0 Å². The lowest BCUT2D eigenvalue weighted by Crippen LogP contribution is -2.32. The minimum atomic E-state index is -0.181. The maximum atomic E-state index is 11.7. The van der Waals surface area contributed by atoms with Gasteiger partial charge in [-0.3, -0.25) is 9.59 Å². The lowest BCUT2D eigenvalue weighted by molar-refractivity contribution is -0.115. The van der Waals surface area contributed by atoms with Crippen LogP contribution in [0.4, 0.5) is 5.82 Å². The number of hydrogen-bond acceptors (Lipinski definition) is 8. The fourth-order valence-corrected chi connectivity index (χ4v) is 3.56. The highest BCUT2D eigenvalue weighted by atomic mass is 16.5. The molecular formula is C28H29N7O3. The Bertz CT molecular complexity index is 1450. The molecule has 0 aliphatic carbocycles. The standard InChI is InChI=1S/C23H18N6O2.C5H11NO/c1-24-14-23(31)27-21-12-16(10-11-25-21)4-7-19-13-26-22-9-8-20(28-29(19)22)18-5-2-17(15-30)3-6-18;1-6-2-4-7-5-3-6/h2-3,5-6,8-13,15,24H,14H2,1H3,(H,25,27,31);2-5H2,1H3. The number of aromatic nitrogens is 4. The number of pyridine rings is 1. The van der Waals surface area contributed by atoms with Crippen LogP contribution in [0.25, 0.3) is 16.9 Å². The molecule has 1 aromatic carbocycles. The van der Waals surface area contributed by atoms with Crippen LogP contribution < -0.4 is 10.6 Å². The molecule has 1 fully saturated rings. The lowest BCUT2D eigenvalue weighted by atomic mass is 10.1. The molecule has 194 valence electrons. The SMILES string of the molecule is CN1CCOCC1.CNCC(=O)Nc1cc(C#Cc2cnc3ccc(-c4ccc(C=O)cc4)nn23)ccn1. The van der Waals surface area contributed by atoms with Crippen LogP contribution >= 0.6 is 0 Å². The fourth-order valence-electron chi connectivity index (χ4n) is 3.56. The summed E-state index contributed by atoms with van der Waals surface area (Å²) in [6.07, 6.45) is 4.05. The van der Waals surface area contributed by atoms with Gasteiger partial charge in [0.05, 0.1) is 31.6 Å². The highest BCUT2D eigenvalue weighted by Crippen LogP contribution is 2.18. The summed E-state index contributed by atoms with van der Waals surface area (Å²) in [6.45, 7) is 4.22. The van der Waals surface area contributed by atoms with Crippen LogP contribution in [0.1, 0.15) is 21.6 Å². The van der Waals surface area contributed by atoms with E-state index in [1.165, 1.54) is 0 Å². The number of aldehydes is 1. The third-order valence-corrected chi connectivity index (χ3v) is 5.64. The van der Waals surface area contributed by atoms with Gasteiger partial charge in [0.15, 0.2) is 5.65 Å². The Morgan fingerprint density at radius 2 is 1.87 bits per heavy atom. The van der Waals surface area contributed by atoms with Crippen LogP contribution in [0, 0.1) is 11.8 Å². The maximum Gasteiger partial charge on any atom is 0.239 e. The average Bonchev–Trinajstić information content (AvgIpc) is 3.35. The van der Waals surface area contributed by atoms with Crippen molar-refractivity contribution in [3.63, 3.8) is 0 Å². The van der Waals surface area contributed by atoms with E-state index >= 15 is 0 Å². The predicted molar refractivity (Wildman–Crippen MR) is 145 cm³/mol. The molecule has 4 heterocycles. The average molecular weight is 512 g/mol. The van der Waals surface area contributed by atoms with Gasteiger partial charge >= 0.3 is 0 Å². The van der Waals surface area contributed by atoms with Crippen LogP contribution in [-0.4, -0.2) is 83.6 Å². The molecule has 0 spiro atoms. The highest BCUT2D eigenvalue weighted by Gasteiger charge is 2.07. The molecule has 1 saturated heterocycles. The number of hydrogen-bond donors (Lipinski definition) is 2. The number of morpholine rings is 1. The van der Waals surface area contributed by atoms with Crippen LogP contribution in [0.15, 0.2) is 60.9 Å². The number of carbonyl (C=O) groups excluding carboxylic acids is 2. The van der Waals surface area contributed by atoms with E-state index in [4.69, 9.17) is 4.74 Å². The zero-order valence-corrected chi connectivity index (χ0v) is 21.3. The minimum absolute atomic E-state index is 0.181. The van der Waals surface area contributed by atoms with Crippen molar-refractivity contribution in [1.29, 1.82) is 0 Å². The second-order valence-corrected chi connectivity index (χ2v) is 8.55. The largest absolute Gasteiger partial charge is 0.379 e. The number of nitrogens with zero attached hydrogens (tertiary/aromatic N) is 5. The van der Waals surface area contributed by atoms with Crippen molar-refractivity contribution in [2.24, 2.45) is 0 Å². The van der Waals surface area contributed by atoms with E-state index in [2.05, 4.69) is 49.5 Å². The van der Waals surface area contributed by atoms with E-state index in [-0.39, 0.29) is 12.5 Å². The number of imidazole rings is 1. The number of rotatable bonds is 5. The van der Waals surface area contributed by atoms with Crippen LogP contribution in [0.3, 0.4) is 0 Å². The zero-order chi connectivity index (χ0) is 26.7. The van der Waals surface area contributed by atoms with Crippen LogP contribution in [0.5, 0.6) is 0 Å². The highest BCUT2D eigenvalue weighted by molar-refractivity contribution is 5.91. The van der Waals surface area contributed by atoms with Gasteiger partial charge in [-0.15, -0.1) is 0 Å². The van der Waals surface area contributed by atoms with Crippen molar-refractivity contribution < 1.29 is 14.3 Å². The lowest BCUT2D eigenvalue weighted by Gasteiger charge is -2.21. The van der Waals surface area contributed by atoms with Crippen molar-refractivity contribution in [1.82, 2.24) is 29.8 Å². The van der Waals surface area contributed by atoms with E-state index in [1.54, 1.807) is 48.2 Å². The van der Waals surface area contributed by atoms with E-state index in [0.29, 0.717) is 28.3 Å². The first-order chi connectivity index (χ1) is 18.6. The number of benzene rings is 1. The van der Waals surface area contributed by atoms with Gasteiger partial charge in [-0.1, -0.05) is 30.2 Å². The minimum Gasteiger partial charge on any atom is -0.379 e. The van der Waals surface area contributed by atoms with Crippen LogP contribution in [-0.2, 0) is 9.53 Å². The summed E-state index contributed by atoms with van der Waals surface area (Å²) < 4.78 is 6.77. The molecule has 1 aliphatic rings. The van der Waals surface area contributed by atoms with Crippen LogP contribution in [0.2, 0.25) is 0 Å². The summed E-state index contributed by atoms with van der Waals surface area (Å²) in [5.74, 6) is 6.39. The quantitative estimate of drug-likeness (QED) is 0.309. The number of likely N-dealkylation sites (N-methyl/N-ethyl adjacent to an activating group) is 2. The topological polar surface area (TPSA) is 114 Å². The number of anilines is 1. The summed E-state index contributed by atoms with van der Waals surface area (Å²) in [6, 6.07) is 14.4. The molecule has 1 amide bonds. The molecule has 0 saturated carbocycles. The summed E-state index contributed by atoms with van der Waals surface area (Å²) in [5, 5.41) is 10.1. The van der Waals surface area contributed by atoms with Gasteiger partial charge in [0, 0.05) is 36.0 Å². The molecule has 0 bridgehead atoms. The van der Waals surface area contributed by atoms with E-state index < -0.39 is 0 Å². The number of carbonyl (C=O) groups is 2. The summed E-state index contributed by atoms with van der Waals surface area (Å²) in [5.41, 5.74) is 4.23. The monoisotopic (exact) mass is 511 g/mol. The Balaban J connectivity index is 0.000000417. The van der Waals surface area contributed by atoms with Gasteiger partial charge in [0.1, 0.15) is 17.8 Å². The fraction of sp³-hybridized carbons (Fsp3) is 0.250. The number of ether oxygens (including phenoxy) is 1. The molecular weight excluding hydrogens is 482 g/mol. The van der Waals surface area contributed by atoms with Crippen molar-refractivity contribution >= 4 is 23.7 Å². The Kier molecular flexibility index (Phi) is 9.26. The Hall–Kier alpha value is -4.43. The predicted octanol–water partition coefficient (Wildman–Crippen LogP) is 2.11. The van der Waals surface area contributed by atoms with Gasteiger partial charge in [0.2, 0.25) is 5.91 Å². The summed E-state index contributed by atoms with van der Waals surface area (Å²) >= 11 is 0. The Morgan fingerprint density at radius 3 is 2.55 bits per heavy atom. The van der Waals surface area contributed by atoms with E-state index in [0.717, 1.165) is 43.8 Å². The Morgan fingerprint density at radius 1 is 1.08 bits per heavy atom. The third kappa shape index (κ3) is 7.30. The van der Waals surface area contributed by atoms with Crippen molar-refractivity contribution in [3.8, 4) is 23.1 Å². The van der Waals surface area contributed by atoms with Gasteiger partial charge in [-0.05, 0) is 44.3 Å². The van der Waals surface area contributed by atoms with Gasteiger partial charge in [-0.25, -0.2) is 14.5 Å². The first-order valence-corrected chi connectivity index (χ1v) is 12.1. The summed E-state index contributed by atoms with van der Waals surface area (Å²) in [7, 11) is 3.81. The second-order valence-electron chi connectivity index (χ2n) is 8.55. The normalized spacial score (nSPS) is 13.1. The molecule has 4 aromatic rings. The molecule has 38 heavy (non-hydrogen) atoms. The Labute approximate surface area is 221 Å². The molecule has 10 nitrogen and oxygen atoms in total. The third-order valence-electron chi connectivity index (χ3n) is 5.64. The van der Waals surface area contributed by atoms with E-state index in [1.807, 2.05) is 24.3 Å². The van der Waals surface area contributed by atoms with Crippen molar-refractivity contribution in [3.05, 3.63) is 77.7 Å². The molecule has 1 aliphatic heterocycles. The molecule has 2 N–H and O–H groups in total. The van der Waals surface area contributed by atoms with Crippen molar-refractivity contribution in [2.45, 2.75) is 0 Å². The molecule has 3 aromatic heterocycles. The van der Waals surface area contributed by atoms with Gasteiger partial charge < -0.3 is 20.3 Å². The maximum absolute atomic E-state index is 11.7. The van der Waals surface area contributed by atoms with Gasteiger partial charge in [-0.2, -0.15) is 5.10 Å². The van der Waals surface area contributed by atoms with E-state index in [9.17, 15) is 9.59 Å². The molecule has 5 rings (SSSR count). The molecule has 0 atom stereocenters. The van der Waals surface area contributed by atoms with Crippen molar-refractivity contribution in [2.75, 3.05) is 52.3 Å². The summed E-state index contributed by atoms with van der Waals surface area (Å²) in [4.78, 5) is 33.3. The first-order valence-electron chi connectivity index (χ1n) is 12.1. The first kappa shape index (κ1) is 26.6. The molecule has 0 radical (unpaired) electrons. The molecule has 0 unspecified atom stereocenters. The second kappa shape index (κ2) is 13.2. The number of amides is 1. The molecule has 10 heteroatoms. The smallest absolute Gasteiger partial charge is 0.239 e. The number of nitrogens with one attached hydrogen (secondary N) is 2. The number of fused-ring (bicyclic) bond motifs is 1. The zero-order valence-electron chi connectivity index (χ0n) is 21.3.